The smallest absolute Gasteiger partial charge is 0.254 e. The van der Waals surface area contributed by atoms with Gasteiger partial charge in [0.25, 0.3) is 5.91 Å². The number of nitrogens with two attached hydrogens (primary N) is 1. The summed E-state index contributed by atoms with van der Waals surface area (Å²) in [4.78, 5) is 11.9. The van der Waals surface area contributed by atoms with Crippen LogP contribution in [0.25, 0.3) is 0 Å². The number of oxime groups is 1. The molecule has 0 saturated carbocycles. The van der Waals surface area contributed by atoms with Crippen molar-refractivity contribution in [1.82, 2.24) is 15.1 Å². The minimum Gasteiger partial charge on any atom is -0.409 e. The fourth-order valence-electron chi connectivity index (χ4n) is 1.44. The molecule has 100 valence electrons. The van der Waals surface area contributed by atoms with Gasteiger partial charge in [-0.15, -0.1) is 0 Å². The Morgan fingerprint density at radius 2 is 2.28 bits per heavy atom. The number of nitrogens with one attached hydrogen (secondary N) is 1. The molecule has 0 aliphatic rings. The van der Waals surface area contributed by atoms with Crippen molar-refractivity contribution in [3.05, 3.63) is 17.5 Å². The summed E-state index contributed by atoms with van der Waals surface area (Å²) in [5.74, 6) is -0.148. The van der Waals surface area contributed by atoms with Crippen LogP contribution in [0, 0.1) is 12.3 Å². The Bertz CT molecular complexity index is 476. The zero-order valence-electron chi connectivity index (χ0n) is 11.1. The molecule has 0 aromatic carbocycles. The minimum atomic E-state index is -0.611. The summed E-state index contributed by atoms with van der Waals surface area (Å²) in [5.41, 5.74) is 6.12. The maximum absolute atomic E-state index is 11.9. The van der Waals surface area contributed by atoms with Gasteiger partial charge in [0.1, 0.15) is 5.84 Å². The molecule has 0 aliphatic carbocycles. The molecule has 1 amide bonds. The van der Waals surface area contributed by atoms with Crippen LogP contribution in [0.2, 0.25) is 0 Å². The van der Waals surface area contributed by atoms with Gasteiger partial charge >= 0.3 is 0 Å². The van der Waals surface area contributed by atoms with E-state index >= 15 is 0 Å². The Morgan fingerprint density at radius 3 is 2.72 bits per heavy atom. The van der Waals surface area contributed by atoms with Crippen LogP contribution in [-0.2, 0) is 7.05 Å². The molecule has 1 heterocycles. The maximum atomic E-state index is 11.9. The van der Waals surface area contributed by atoms with E-state index in [2.05, 4.69) is 15.6 Å². The number of carbonyl (C=O) groups is 1. The molecule has 4 N–H and O–H groups in total. The van der Waals surface area contributed by atoms with E-state index in [1.165, 1.54) is 0 Å². The van der Waals surface area contributed by atoms with Crippen molar-refractivity contribution < 1.29 is 10.0 Å². The van der Waals surface area contributed by atoms with Gasteiger partial charge in [0.15, 0.2) is 0 Å². The average Bonchev–Trinajstić information content (AvgIpc) is 2.64. The van der Waals surface area contributed by atoms with Crippen LogP contribution in [-0.4, -0.2) is 33.3 Å². The third-order valence-electron chi connectivity index (χ3n) is 2.75. The van der Waals surface area contributed by atoms with Gasteiger partial charge in [0, 0.05) is 25.2 Å². The molecule has 0 atom stereocenters. The van der Waals surface area contributed by atoms with Crippen LogP contribution >= 0.6 is 0 Å². The number of aryl methyl sites for hydroxylation is 2. The van der Waals surface area contributed by atoms with Crippen molar-refractivity contribution in [2.45, 2.75) is 20.8 Å². The van der Waals surface area contributed by atoms with Gasteiger partial charge in [0.2, 0.25) is 0 Å². The molecule has 0 spiro atoms. The van der Waals surface area contributed by atoms with Crippen molar-refractivity contribution in [2.75, 3.05) is 6.54 Å². The average molecular weight is 253 g/mol. The highest BCUT2D eigenvalue weighted by molar-refractivity contribution is 5.95. The van der Waals surface area contributed by atoms with Gasteiger partial charge < -0.3 is 16.3 Å². The van der Waals surface area contributed by atoms with Crippen molar-refractivity contribution in [1.29, 1.82) is 0 Å². The SMILES string of the molecule is Cc1nn(C)cc1C(=O)NCC(C)(C)/C(N)=N/O. The second-order valence-corrected chi connectivity index (χ2v) is 4.85. The van der Waals surface area contributed by atoms with Gasteiger partial charge in [-0.2, -0.15) is 5.10 Å². The lowest BCUT2D eigenvalue weighted by atomic mass is 9.92. The molecule has 7 heteroatoms. The van der Waals surface area contributed by atoms with E-state index in [-0.39, 0.29) is 18.3 Å². The first-order valence-corrected chi connectivity index (χ1v) is 5.54. The van der Waals surface area contributed by atoms with Crippen LogP contribution in [0.1, 0.15) is 29.9 Å². The van der Waals surface area contributed by atoms with Crippen LogP contribution in [0.3, 0.4) is 0 Å². The number of amidine groups is 1. The molecule has 7 nitrogen and oxygen atoms in total. The molecule has 18 heavy (non-hydrogen) atoms. The van der Waals surface area contributed by atoms with Crippen LogP contribution in [0.5, 0.6) is 0 Å². The number of hydrogen-bond acceptors (Lipinski definition) is 4. The predicted molar refractivity (Wildman–Crippen MR) is 67.5 cm³/mol. The van der Waals surface area contributed by atoms with Gasteiger partial charge in [-0.1, -0.05) is 19.0 Å². The number of nitrogens with zero attached hydrogens (tertiary/aromatic N) is 3. The van der Waals surface area contributed by atoms with Crippen molar-refractivity contribution in [2.24, 2.45) is 23.4 Å². The zero-order chi connectivity index (χ0) is 13.9. The molecule has 0 aliphatic heterocycles. The monoisotopic (exact) mass is 253 g/mol. The van der Waals surface area contributed by atoms with E-state index < -0.39 is 5.41 Å². The molecule has 1 aromatic heterocycles. The topological polar surface area (TPSA) is 106 Å². The van der Waals surface area contributed by atoms with Crippen molar-refractivity contribution >= 4 is 11.7 Å². The molecule has 1 aromatic rings. The minimum absolute atomic E-state index is 0.0747. The quantitative estimate of drug-likeness (QED) is 0.309. The summed E-state index contributed by atoms with van der Waals surface area (Å²) >= 11 is 0. The van der Waals surface area contributed by atoms with E-state index in [0.717, 1.165) is 0 Å². The van der Waals surface area contributed by atoms with Gasteiger partial charge in [0.05, 0.1) is 11.3 Å². The van der Waals surface area contributed by atoms with Crippen molar-refractivity contribution in [3.63, 3.8) is 0 Å². The number of amides is 1. The number of aromatic nitrogens is 2. The highest BCUT2D eigenvalue weighted by atomic mass is 16.4. The molecule has 1 rings (SSSR count). The Kier molecular flexibility index (Phi) is 3.95. The molecular weight excluding hydrogens is 234 g/mol. The Balaban J connectivity index is 2.70. The summed E-state index contributed by atoms with van der Waals surface area (Å²) in [6.45, 7) is 5.59. The van der Waals surface area contributed by atoms with Gasteiger partial charge in [-0.3, -0.25) is 9.48 Å². The molecule has 0 unspecified atom stereocenters. The molecular formula is C11H19N5O2. The standard InChI is InChI=1S/C11H19N5O2/c1-7-8(5-16(4)14-7)9(17)13-6-11(2,3)10(12)15-18/h5,18H,6H2,1-4H3,(H2,12,15)(H,13,17). The first-order valence-electron chi connectivity index (χ1n) is 5.54. The summed E-state index contributed by atoms with van der Waals surface area (Å²) in [5, 5.41) is 18.4. The number of hydrogen-bond donors (Lipinski definition) is 3. The largest absolute Gasteiger partial charge is 0.409 e. The molecule has 0 radical (unpaired) electrons. The van der Waals surface area contributed by atoms with Crippen LogP contribution < -0.4 is 11.1 Å². The fraction of sp³-hybridized carbons (Fsp3) is 0.545. The summed E-state index contributed by atoms with van der Waals surface area (Å²) in [6.07, 6.45) is 1.65. The number of rotatable bonds is 4. The van der Waals surface area contributed by atoms with E-state index in [4.69, 9.17) is 10.9 Å². The van der Waals surface area contributed by atoms with Gasteiger partial charge in [-0.25, -0.2) is 0 Å². The highest BCUT2D eigenvalue weighted by Crippen LogP contribution is 2.14. The predicted octanol–water partition coefficient (Wildman–Crippen LogP) is 0.231. The highest BCUT2D eigenvalue weighted by Gasteiger charge is 2.25. The van der Waals surface area contributed by atoms with E-state index in [1.807, 2.05) is 0 Å². The third kappa shape index (κ3) is 2.99. The van der Waals surface area contributed by atoms with E-state index in [0.29, 0.717) is 11.3 Å². The second-order valence-electron chi connectivity index (χ2n) is 4.85. The lowest BCUT2D eigenvalue weighted by molar-refractivity contribution is 0.0943. The zero-order valence-corrected chi connectivity index (χ0v) is 11.1. The molecule has 0 bridgehead atoms. The first kappa shape index (κ1) is 14.0. The lowest BCUT2D eigenvalue weighted by Gasteiger charge is -2.22. The van der Waals surface area contributed by atoms with Gasteiger partial charge in [-0.05, 0) is 6.92 Å². The van der Waals surface area contributed by atoms with E-state index in [1.54, 1.807) is 38.7 Å². The summed E-state index contributed by atoms with van der Waals surface area (Å²) in [6, 6.07) is 0. The van der Waals surface area contributed by atoms with E-state index in [9.17, 15) is 4.79 Å². The Hall–Kier alpha value is -2.05. The van der Waals surface area contributed by atoms with Crippen LogP contribution in [0.15, 0.2) is 11.4 Å². The number of carbonyl (C=O) groups excluding carboxylic acids is 1. The maximum Gasteiger partial charge on any atom is 0.254 e. The third-order valence-corrected chi connectivity index (χ3v) is 2.75. The van der Waals surface area contributed by atoms with Crippen LogP contribution in [0.4, 0.5) is 0 Å². The Labute approximate surface area is 106 Å². The normalized spacial score (nSPS) is 12.6. The lowest BCUT2D eigenvalue weighted by Crippen LogP contribution is -2.42. The first-order chi connectivity index (χ1) is 8.27. The van der Waals surface area contributed by atoms with Crippen molar-refractivity contribution in [3.8, 4) is 0 Å². The summed E-state index contributed by atoms with van der Waals surface area (Å²) < 4.78 is 1.58. The summed E-state index contributed by atoms with van der Waals surface area (Å²) in [7, 11) is 1.75. The molecule has 0 fully saturated rings. The second kappa shape index (κ2) is 5.07. The molecule has 0 saturated heterocycles. The fourth-order valence-corrected chi connectivity index (χ4v) is 1.44. The Morgan fingerprint density at radius 1 is 1.67 bits per heavy atom.